The molecule has 0 aliphatic heterocycles. The third kappa shape index (κ3) is 4.21. The average Bonchev–Trinajstić information content (AvgIpc) is 2.84. The molecule has 0 spiro atoms. The van der Waals surface area contributed by atoms with Crippen LogP contribution in [0, 0.1) is 6.92 Å². The van der Waals surface area contributed by atoms with Crippen LogP contribution in [0.4, 0.5) is 0 Å². The van der Waals surface area contributed by atoms with Crippen molar-refractivity contribution in [1.82, 2.24) is 0 Å². The zero-order valence-electron chi connectivity index (χ0n) is 19.3. The van der Waals surface area contributed by atoms with Gasteiger partial charge in [0.15, 0.2) is 11.5 Å². The van der Waals surface area contributed by atoms with Crippen molar-refractivity contribution in [1.29, 1.82) is 0 Å². The minimum Gasteiger partial charge on any atom is -0.492 e. The van der Waals surface area contributed by atoms with Crippen molar-refractivity contribution in [3.05, 3.63) is 70.8 Å². The Bertz CT molecular complexity index is 1110. The van der Waals surface area contributed by atoms with E-state index < -0.39 is 0 Å². The fraction of sp³-hybridized carbons (Fsp3) is 0.269. The number of carbonyl (C=O) groups excluding carboxylic acids is 1. The second kappa shape index (κ2) is 10.1. The Morgan fingerprint density at radius 1 is 0.750 bits per heavy atom. The first-order valence-corrected chi connectivity index (χ1v) is 10.1. The summed E-state index contributed by atoms with van der Waals surface area (Å²) in [6, 6.07) is 15.5. The Kier molecular flexibility index (Phi) is 7.25. The largest absolute Gasteiger partial charge is 0.492 e. The quantitative estimate of drug-likeness (QED) is 0.459. The first-order chi connectivity index (χ1) is 15.5. The third-order valence-electron chi connectivity index (χ3n) is 5.46. The third-order valence-corrected chi connectivity index (χ3v) is 5.46. The number of hydrogen-bond donors (Lipinski definition) is 0. The first kappa shape index (κ1) is 23.0. The Morgan fingerprint density at radius 2 is 1.34 bits per heavy atom. The van der Waals surface area contributed by atoms with E-state index in [0.717, 1.165) is 27.8 Å². The van der Waals surface area contributed by atoms with Gasteiger partial charge in [-0.1, -0.05) is 42.5 Å². The van der Waals surface area contributed by atoms with Crippen molar-refractivity contribution >= 4 is 5.97 Å². The molecule has 0 aliphatic rings. The van der Waals surface area contributed by atoms with Crippen LogP contribution in [0.2, 0.25) is 0 Å². The van der Waals surface area contributed by atoms with Crippen LogP contribution in [0.5, 0.6) is 23.0 Å². The molecule has 0 aliphatic carbocycles. The molecule has 0 aromatic heterocycles. The number of methoxy groups -OCH3 is 5. The van der Waals surface area contributed by atoms with Gasteiger partial charge < -0.3 is 23.7 Å². The molecule has 32 heavy (non-hydrogen) atoms. The number of ether oxygens (including phenoxy) is 5. The number of rotatable bonds is 8. The summed E-state index contributed by atoms with van der Waals surface area (Å²) in [6.07, 6.45) is 0.491. The molecule has 6 nitrogen and oxygen atoms in total. The van der Waals surface area contributed by atoms with Gasteiger partial charge in [-0.15, -0.1) is 0 Å². The lowest BCUT2D eigenvalue weighted by Gasteiger charge is -2.22. The molecular formula is C26H28O6. The monoisotopic (exact) mass is 436 g/mol. The summed E-state index contributed by atoms with van der Waals surface area (Å²) in [5.41, 5.74) is 4.93. The topological polar surface area (TPSA) is 63.2 Å². The SMILES string of the molecule is COC(=O)c1cc(Cc2c(C)c(OC)c(OC)c(OC)c2OC)ccc1-c1ccccc1. The van der Waals surface area contributed by atoms with Gasteiger partial charge in [0.25, 0.3) is 0 Å². The second-order valence-corrected chi connectivity index (χ2v) is 7.15. The highest BCUT2D eigenvalue weighted by molar-refractivity contribution is 5.97. The van der Waals surface area contributed by atoms with Crippen molar-refractivity contribution in [3.8, 4) is 34.1 Å². The van der Waals surface area contributed by atoms with Gasteiger partial charge in [-0.25, -0.2) is 4.79 Å². The van der Waals surface area contributed by atoms with E-state index in [1.165, 1.54) is 7.11 Å². The second-order valence-electron chi connectivity index (χ2n) is 7.15. The maximum Gasteiger partial charge on any atom is 0.338 e. The predicted octanol–water partition coefficient (Wildman–Crippen LogP) is 5.07. The molecule has 0 heterocycles. The molecule has 0 unspecified atom stereocenters. The summed E-state index contributed by atoms with van der Waals surface area (Å²) >= 11 is 0. The lowest BCUT2D eigenvalue weighted by Crippen LogP contribution is -2.07. The van der Waals surface area contributed by atoms with Crippen molar-refractivity contribution in [2.45, 2.75) is 13.3 Å². The summed E-state index contributed by atoms with van der Waals surface area (Å²) in [7, 11) is 7.68. The number of carbonyl (C=O) groups is 1. The molecule has 0 amide bonds. The molecule has 0 saturated carbocycles. The lowest BCUT2D eigenvalue weighted by molar-refractivity contribution is 0.0601. The van der Waals surface area contributed by atoms with Crippen LogP contribution in [0.15, 0.2) is 48.5 Å². The van der Waals surface area contributed by atoms with Gasteiger partial charge in [0.2, 0.25) is 11.5 Å². The van der Waals surface area contributed by atoms with Crippen LogP contribution in [-0.4, -0.2) is 41.5 Å². The minimum absolute atomic E-state index is 0.390. The van der Waals surface area contributed by atoms with Crippen LogP contribution in [-0.2, 0) is 11.2 Å². The molecule has 168 valence electrons. The Labute approximate surface area is 188 Å². The fourth-order valence-corrected chi connectivity index (χ4v) is 3.92. The zero-order chi connectivity index (χ0) is 23.3. The van der Waals surface area contributed by atoms with Crippen molar-refractivity contribution < 1.29 is 28.5 Å². The maximum atomic E-state index is 12.6. The van der Waals surface area contributed by atoms with E-state index in [-0.39, 0.29) is 5.97 Å². The van der Waals surface area contributed by atoms with Crippen LogP contribution in [0.3, 0.4) is 0 Å². The molecule has 3 aromatic rings. The van der Waals surface area contributed by atoms with Gasteiger partial charge in [-0.2, -0.15) is 0 Å². The number of benzene rings is 3. The molecule has 3 rings (SSSR count). The minimum atomic E-state index is -0.390. The van der Waals surface area contributed by atoms with Gasteiger partial charge in [0, 0.05) is 17.5 Å². The average molecular weight is 437 g/mol. The highest BCUT2D eigenvalue weighted by atomic mass is 16.5. The molecule has 0 saturated heterocycles. The van der Waals surface area contributed by atoms with Crippen molar-refractivity contribution in [3.63, 3.8) is 0 Å². The molecule has 6 heteroatoms. The molecule has 0 bridgehead atoms. The van der Waals surface area contributed by atoms with Crippen LogP contribution in [0.1, 0.15) is 27.0 Å². The molecule has 0 fully saturated rings. The standard InChI is InChI=1S/C26H28O6/c1-16-20(23(29-3)25(31-5)24(30-4)22(16)28-2)14-17-12-13-19(18-10-8-7-9-11-18)21(15-17)26(27)32-6/h7-13,15H,14H2,1-6H3. The predicted molar refractivity (Wildman–Crippen MR) is 123 cm³/mol. The van der Waals surface area contributed by atoms with Gasteiger partial charge in [-0.3, -0.25) is 0 Å². The fourth-order valence-electron chi connectivity index (χ4n) is 3.92. The smallest absolute Gasteiger partial charge is 0.338 e. The van der Waals surface area contributed by atoms with E-state index >= 15 is 0 Å². The van der Waals surface area contributed by atoms with E-state index in [1.54, 1.807) is 28.4 Å². The van der Waals surface area contributed by atoms with E-state index in [2.05, 4.69) is 0 Å². The summed E-state index contributed by atoms with van der Waals surface area (Å²) in [5, 5.41) is 0. The summed E-state index contributed by atoms with van der Waals surface area (Å²) in [5.74, 6) is 1.69. The first-order valence-electron chi connectivity index (χ1n) is 10.1. The summed E-state index contributed by atoms with van der Waals surface area (Å²) in [4.78, 5) is 12.6. The Morgan fingerprint density at radius 3 is 1.91 bits per heavy atom. The van der Waals surface area contributed by atoms with Gasteiger partial charge in [0.1, 0.15) is 0 Å². The molecule has 0 radical (unpaired) electrons. The van der Waals surface area contributed by atoms with Crippen LogP contribution >= 0.6 is 0 Å². The van der Waals surface area contributed by atoms with Gasteiger partial charge in [-0.05, 0) is 29.7 Å². The molecular weight excluding hydrogens is 408 g/mol. The van der Waals surface area contributed by atoms with Crippen molar-refractivity contribution in [2.75, 3.05) is 35.5 Å². The molecule has 0 N–H and O–H groups in total. The number of esters is 1. The Balaban J connectivity index is 2.16. The normalized spacial score (nSPS) is 10.4. The molecule has 3 aromatic carbocycles. The van der Waals surface area contributed by atoms with E-state index in [0.29, 0.717) is 35.0 Å². The van der Waals surface area contributed by atoms with Gasteiger partial charge in [0.05, 0.1) is 41.1 Å². The summed E-state index contributed by atoms with van der Waals surface area (Å²) < 4.78 is 27.5. The van der Waals surface area contributed by atoms with E-state index in [9.17, 15) is 4.79 Å². The van der Waals surface area contributed by atoms with Crippen molar-refractivity contribution in [2.24, 2.45) is 0 Å². The number of hydrogen-bond acceptors (Lipinski definition) is 6. The lowest BCUT2D eigenvalue weighted by atomic mass is 9.93. The molecule has 0 atom stereocenters. The Hall–Kier alpha value is -3.67. The maximum absolute atomic E-state index is 12.6. The van der Waals surface area contributed by atoms with Crippen LogP contribution in [0.25, 0.3) is 11.1 Å². The van der Waals surface area contributed by atoms with Crippen LogP contribution < -0.4 is 18.9 Å². The summed E-state index contributed by atoms with van der Waals surface area (Å²) in [6.45, 7) is 1.94. The zero-order valence-corrected chi connectivity index (χ0v) is 19.3. The van der Waals surface area contributed by atoms with Gasteiger partial charge >= 0.3 is 5.97 Å². The van der Waals surface area contributed by atoms with E-state index in [1.807, 2.05) is 55.5 Å². The highest BCUT2D eigenvalue weighted by Crippen LogP contribution is 2.49. The highest BCUT2D eigenvalue weighted by Gasteiger charge is 2.26. The van der Waals surface area contributed by atoms with E-state index in [4.69, 9.17) is 23.7 Å².